The summed E-state index contributed by atoms with van der Waals surface area (Å²) in [6, 6.07) is -0.0113. The number of carbonyl (C=O) groups excluding carboxylic acids is 1. The van der Waals surface area contributed by atoms with E-state index in [1.807, 2.05) is 18.5 Å². The lowest BCUT2D eigenvalue weighted by atomic mass is 10.1. The number of nitrogens with one attached hydrogen (secondary N) is 2. The molecule has 2 rings (SSSR count). The highest BCUT2D eigenvalue weighted by atomic mass is 16.1. The Morgan fingerprint density at radius 1 is 1.50 bits per heavy atom. The second kappa shape index (κ2) is 4.61. The Labute approximate surface area is 94.4 Å². The molecule has 2 heterocycles. The zero-order valence-electron chi connectivity index (χ0n) is 9.66. The molecule has 16 heavy (non-hydrogen) atoms. The normalized spacial score (nSPS) is 21.6. The first-order valence-corrected chi connectivity index (χ1v) is 5.62. The van der Waals surface area contributed by atoms with Crippen molar-refractivity contribution < 1.29 is 4.79 Å². The fourth-order valence-corrected chi connectivity index (χ4v) is 1.97. The van der Waals surface area contributed by atoms with Gasteiger partial charge in [-0.15, -0.1) is 5.10 Å². The molecule has 1 fully saturated rings. The molecule has 1 aromatic heterocycles. The molecule has 1 aliphatic heterocycles. The van der Waals surface area contributed by atoms with E-state index >= 15 is 0 Å². The number of aromatic nitrogens is 3. The minimum atomic E-state index is -0.0113. The molecule has 1 aromatic rings. The van der Waals surface area contributed by atoms with Crippen molar-refractivity contribution in [3.63, 3.8) is 0 Å². The van der Waals surface area contributed by atoms with Crippen LogP contribution in [0.5, 0.6) is 0 Å². The quantitative estimate of drug-likeness (QED) is 0.725. The Morgan fingerprint density at radius 3 is 3.00 bits per heavy atom. The molecule has 0 aromatic carbocycles. The third-order valence-corrected chi connectivity index (χ3v) is 2.88. The maximum atomic E-state index is 11.4. The highest BCUT2D eigenvalue weighted by molar-refractivity contribution is 5.77. The summed E-state index contributed by atoms with van der Waals surface area (Å²) in [7, 11) is 0. The number of carbonyl (C=O) groups is 1. The first-order chi connectivity index (χ1) is 7.72. The van der Waals surface area contributed by atoms with Gasteiger partial charge in [-0.05, 0) is 13.8 Å². The van der Waals surface area contributed by atoms with Crippen molar-refractivity contribution in [2.24, 2.45) is 0 Å². The van der Waals surface area contributed by atoms with Crippen molar-refractivity contribution in [3.05, 3.63) is 11.4 Å². The summed E-state index contributed by atoms with van der Waals surface area (Å²) in [5, 5.41) is 14.4. The summed E-state index contributed by atoms with van der Waals surface area (Å²) in [4.78, 5) is 11.4. The van der Waals surface area contributed by atoms with Crippen LogP contribution in [0.4, 0.5) is 0 Å². The molecule has 1 saturated heterocycles. The summed E-state index contributed by atoms with van der Waals surface area (Å²) in [6.07, 6.45) is 0.434. The predicted molar refractivity (Wildman–Crippen MR) is 58.8 cm³/mol. The molecule has 2 N–H and O–H groups in total. The van der Waals surface area contributed by atoms with Crippen molar-refractivity contribution >= 4 is 5.91 Å². The summed E-state index contributed by atoms with van der Waals surface area (Å²) >= 11 is 0. The molecule has 88 valence electrons. The van der Waals surface area contributed by atoms with Gasteiger partial charge in [0.1, 0.15) is 5.69 Å². The number of rotatable bonds is 2. The van der Waals surface area contributed by atoms with Gasteiger partial charge in [0.2, 0.25) is 5.91 Å². The highest BCUT2D eigenvalue weighted by Crippen LogP contribution is 2.18. The van der Waals surface area contributed by atoms with E-state index < -0.39 is 0 Å². The van der Waals surface area contributed by atoms with E-state index in [0.29, 0.717) is 13.0 Å². The standard InChI is InChI=1S/C10H17N5O/c1-3-15-7(2)10(13-14-15)8-6-9(16)12-5-4-11-8/h8,11H,3-6H2,1-2H3,(H,12,16). The van der Waals surface area contributed by atoms with E-state index in [9.17, 15) is 4.79 Å². The van der Waals surface area contributed by atoms with Gasteiger partial charge >= 0.3 is 0 Å². The topological polar surface area (TPSA) is 71.8 Å². The van der Waals surface area contributed by atoms with E-state index in [1.165, 1.54) is 0 Å². The van der Waals surface area contributed by atoms with Gasteiger partial charge in [0, 0.05) is 26.1 Å². The molecular formula is C10H17N5O. The van der Waals surface area contributed by atoms with Gasteiger partial charge in [0.25, 0.3) is 0 Å². The Kier molecular flexibility index (Phi) is 3.19. The van der Waals surface area contributed by atoms with Crippen LogP contribution < -0.4 is 10.6 Å². The maximum Gasteiger partial charge on any atom is 0.222 e. The molecule has 6 nitrogen and oxygen atoms in total. The molecule has 1 unspecified atom stereocenters. The maximum absolute atomic E-state index is 11.4. The van der Waals surface area contributed by atoms with Crippen molar-refractivity contribution in [2.75, 3.05) is 13.1 Å². The summed E-state index contributed by atoms with van der Waals surface area (Å²) in [5.41, 5.74) is 1.92. The van der Waals surface area contributed by atoms with Crippen molar-refractivity contribution in [2.45, 2.75) is 32.9 Å². The molecule has 1 atom stereocenters. The molecule has 6 heteroatoms. The minimum absolute atomic E-state index is 0.0113. The van der Waals surface area contributed by atoms with Crippen LogP contribution in [0.25, 0.3) is 0 Å². The molecule has 0 bridgehead atoms. The number of aryl methyl sites for hydroxylation is 1. The second-order valence-corrected chi connectivity index (χ2v) is 3.94. The average Bonchev–Trinajstić information content (AvgIpc) is 2.50. The lowest BCUT2D eigenvalue weighted by Crippen LogP contribution is -2.25. The number of nitrogens with zero attached hydrogens (tertiary/aromatic N) is 3. The van der Waals surface area contributed by atoms with E-state index in [-0.39, 0.29) is 11.9 Å². The fourth-order valence-electron chi connectivity index (χ4n) is 1.97. The highest BCUT2D eigenvalue weighted by Gasteiger charge is 2.23. The lowest BCUT2D eigenvalue weighted by molar-refractivity contribution is -0.121. The van der Waals surface area contributed by atoms with Crippen molar-refractivity contribution in [1.29, 1.82) is 0 Å². The summed E-state index contributed by atoms with van der Waals surface area (Å²) in [5.74, 6) is 0.0699. The lowest BCUT2D eigenvalue weighted by Gasteiger charge is -2.12. The molecular weight excluding hydrogens is 206 g/mol. The van der Waals surface area contributed by atoms with Gasteiger partial charge in [-0.2, -0.15) is 0 Å². The minimum Gasteiger partial charge on any atom is -0.355 e. The van der Waals surface area contributed by atoms with Gasteiger partial charge in [-0.3, -0.25) is 4.79 Å². The van der Waals surface area contributed by atoms with Gasteiger partial charge in [-0.1, -0.05) is 5.21 Å². The predicted octanol–water partition coefficient (Wildman–Crippen LogP) is -0.243. The summed E-state index contributed by atoms with van der Waals surface area (Å²) in [6.45, 7) is 6.27. The van der Waals surface area contributed by atoms with Crippen LogP contribution in [0.2, 0.25) is 0 Å². The third kappa shape index (κ3) is 2.06. The first kappa shape index (κ1) is 11.1. The van der Waals surface area contributed by atoms with Gasteiger partial charge in [-0.25, -0.2) is 4.68 Å². The van der Waals surface area contributed by atoms with Crippen molar-refractivity contribution in [1.82, 2.24) is 25.6 Å². The monoisotopic (exact) mass is 223 g/mol. The fraction of sp³-hybridized carbons (Fsp3) is 0.700. The van der Waals surface area contributed by atoms with E-state index in [0.717, 1.165) is 24.5 Å². The van der Waals surface area contributed by atoms with Crippen LogP contribution in [0, 0.1) is 6.92 Å². The number of hydrogen-bond acceptors (Lipinski definition) is 4. The molecule has 1 amide bonds. The summed E-state index contributed by atoms with van der Waals surface area (Å²) < 4.78 is 1.85. The van der Waals surface area contributed by atoms with Crippen LogP contribution >= 0.6 is 0 Å². The van der Waals surface area contributed by atoms with Crippen molar-refractivity contribution in [3.8, 4) is 0 Å². The largest absolute Gasteiger partial charge is 0.355 e. The van der Waals surface area contributed by atoms with Crippen LogP contribution in [-0.4, -0.2) is 34.0 Å². The van der Waals surface area contributed by atoms with Crippen LogP contribution in [0.3, 0.4) is 0 Å². The number of amides is 1. The third-order valence-electron chi connectivity index (χ3n) is 2.88. The Morgan fingerprint density at radius 2 is 2.31 bits per heavy atom. The molecule has 1 aliphatic rings. The number of hydrogen-bond donors (Lipinski definition) is 2. The molecule has 0 spiro atoms. The zero-order chi connectivity index (χ0) is 11.5. The Balaban J connectivity index is 2.21. The van der Waals surface area contributed by atoms with E-state index in [4.69, 9.17) is 0 Å². The van der Waals surface area contributed by atoms with Gasteiger partial charge < -0.3 is 10.6 Å². The van der Waals surface area contributed by atoms with Crippen LogP contribution in [-0.2, 0) is 11.3 Å². The van der Waals surface area contributed by atoms with Crippen LogP contribution in [0.1, 0.15) is 30.8 Å². The SMILES string of the molecule is CCn1nnc(C2CC(=O)NCCN2)c1C. The van der Waals surface area contributed by atoms with E-state index in [1.54, 1.807) is 0 Å². The average molecular weight is 223 g/mol. The Bertz CT molecular complexity index is 387. The zero-order valence-corrected chi connectivity index (χ0v) is 9.66. The van der Waals surface area contributed by atoms with Crippen LogP contribution in [0.15, 0.2) is 0 Å². The molecule has 0 aliphatic carbocycles. The second-order valence-electron chi connectivity index (χ2n) is 3.94. The van der Waals surface area contributed by atoms with Gasteiger partial charge in [0.05, 0.1) is 11.7 Å². The molecule has 0 radical (unpaired) electrons. The van der Waals surface area contributed by atoms with E-state index in [2.05, 4.69) is 20.9 Å². The van der Waals surface area contributed by atoms with Gasteiger partial charge in [0.15, 0.2) is 0 Å². The Hall–Kier alpha value is -1.43. The smallest absolute Gasteiger partial charge is 0.222 e. The molecule has 0 saturated carbocycles. The first-order valence-electron chi connectivity index (χ1n) is 5.62.